The average Bonchev–Trinajstić information content (AvgIpc) is 2.75. The average molecular weight is 279 g/mol. The molecule has 0 spiro atoms. The minimum atomic E-state index is -0.907. The van der Waals surface area contributed by atoms with Crippen LogP contribution >= 0.6 is 11.3 Å². The predicted octanol–water partition coefficient (Wildman–Crippen LogP) is 1.63. The number of anilines is 1. The van der Waals surface area contributed by atoms with Gasteiger partial charge in [0.25, 0.3) is 5.91 Å². The van der Waals surface area contributed by atoms with Gasteiger partial charge in [0.05, 0.1) is 5.56 Å². The van der Waals surface area contributed by atoms with Gasteiger partial charge >= 0.3 is 0 Å². The Morgan fingerprint density at radius 3 is 2.95 bits per heavy atom. The molecule has 1 aliphatic heterocycles. The SMILES string of the molecule is COC(C)(C)C(=O)Nc1sc2c(c1C#N)CCNC2. The van der Waals surface area contributed by atoms with Crippen molar-refractivity contribution in [2.45, 2.75) is 32.4 Å². The molecule has 2 N–H and O–H groups in total. The van der Waals surface area contributed by atoms with Crippen LogP contribution in [0.25, 0.3) is 0 Å². The summed E-state index contributed by atoms with van der Waals surface area (Å²) < 4.78 is 5.14. The van der Waals surface area contributed by atoms with E-state index >= 15 is 0 Å². The van der Waals surface area contributed by atoms with Crippen molar-refractivity contribution in [3.8, 4) is 6.07 Å². The number of rotatable bonds is 3. The quantitative estimate of drug-likeness (QED) is 0.882. The van der Waals surface area contributed by atoms with Crippen molar-refractivity contribution in [2.24, 2.45) is 0 Å². The van der Waals surface area contributed by atoms with E-state index in [-0.39, 0.29) is 5.91 Å². The van der Waals surface area contributed by atoms with Crippen molar-refractivity contribution in [3.05, 3.63) is 16.0 Å². The molecule has 1 amide bonds. The van der Waals surface area contributed by atoms with Crippen molar-refractivity contribution in [1.82, 2.24) is 5.32 Å². The number of thiophene rings is 1. The Morgan fingerprint density at radius 1 is 1.58 bits per heavy atom. The fourth-order valence-electron chi connectivity index (χ4n) is 1.89. The molecule has 0 radical (unpaired) electrons. The van der Waals surface area contributed by atoms with Crippen LogP contribution in [0.4, 0.5) is 5.00 Å². The smallest absolute Gasteiger partial charge is 0.256 e. The first-order chi connectivity index (χ1) is 8.99. The lowest BCUT2D eigenvalue weighted by Crippen LogP contribution is -2.38. The molecule has 0 saturated heterocycles. The molecular weight excluding hydrogens is 262 g/mol. The first kappa shape index (κ1) is 14.0. The maximum atomic E-state index is 12.1. The number of methoxy groups -OCH3 is 1. The van der Waals surface area contributed by atoms with Crippen LogP contribution < -0.4 is 10.6 Å². The summed E-state index contributed by atoms with van der Waals surface area (Å²) in [7, 11) is 1.49. The largest absolute Gasteiger partial charge is 0.369 e. The summed E-state index contributed by atoms with van der Waals surface area (Å²) >= 11 is 1.47. The van der Waals surface area contributed by atoms with Crippen molar-refractivity contribution in [2.75, 3.05) is 19.0 Å². The summed E-state index contributed by atoms with van der Waals surface area (Å²) in [6.45, 7) is 5.03. The molecule has 0 aromatic carbocycles. The van der Waals surface area contributed by atoms with Gasteiger partial charge in [-0.15, -0.1) is 11.3 Å². The van der Waals surface area contributed by atoms with Crippen LogP contribution in [0.15, 0.2) is 0 Å². The van der Waals surface area contributed by atoms with E-state index in [1.54, 1.807) is 13.8 Å². The normalized spacial score (nSPS) is 14.6. The van der Waals surface area contributed by atoms with E-state index in [1.807, 2.05) is 0 Å². The van der Waals surface area contributed by atoms with E-state index in [0.29, 0.717) is 10.6 Å². The highest BCUT2D eigenvalue weighted by molar-refractivity contribution is 7.16. The number of carbonyl (C=O) groups excluding carboxylic acids is 1. The summed E-state index contributed by atoms with van der Waals surface area (Å²) in [5, 5.41) is 16.0. The molecule has 0 bridgehead atoms. The topological polar surface area (TPSA) is 74.1 Å². The highest BCUT2D eigenvalue weighted by Gasteiger charge is 2.29. The van der Waals surface area contributed by atoms with Crippen LogP contribution in [-0.4, -0.2) is 25.2 Å². The number of ether oxygens (including phenoxy) is 1. The minimum absolute atomic E-state index is 0.238. The Bertz CT molecular complexity index is 543. The van der Waals surface area contributed by atoms with Crippen LogP contribution in [0.2, 0.25) is 0 Å². The molecule has 1 aromatic rings. The maximum absolute atomic E-state index is 12.1. The molecule has 2 rings (SSSR count). The van der Waals surface area contributed by atoms with Crippen LogP contribution in [0.1, 0.15) is 29.9 Å². The molecule has 102 valence electrons. The number of nitrogens with zero attached hydrogens (tertiary/aromatic N) is 1. The summed E-state index contributed by atoms with van der Waals surface area (Å²) in [6, 6.07) is 2.21. The minimum Gasteiger partial charge on any atom is -0.369 e. The molecule has 1 aliphatic rings. The fraction of sp³-hybridized carbons (Fsp3) is 0.538. The van der Waals surface area contributed by atoms with Crippen LogP contribution in [0.5, 0.6) is 0 Å². The van der Waals surface area contributed by atoms with Gasteiger partial charge in [0.15, 0.2) is 0 Å². The van der Waals surface area contributed by atoms with Gasteiger partial charge in [-0.2, -0.15) is 5.26 Å². The Kier molecular flexibility index (Phi) is 3.90. The van der Waals surface area contributed by atoms with Gasteiger partial charge in [-0.05, 0) is 32.4 Å². The van der Waals surface area contributed by atoms with E-state index in [0.717, 1.165) is 30.0 Å². The Balaban J connectivity index is 2.29. The number of amides is 1. The summed E-state index contributed by atoms with van der Waals surface area (Å²) in [6.07, 6.45) is 0.832. The molecule has 2 heterocycles. The number of hydrogen-bond donors (Lipinski definition) is 2. The van der Waals surface area contributed by atoms with Gasteiger partial charge in [-0.1, -0.05) is 0 Å². The monoisotopic (exact) mass is 279 g/mol. The molecule has 0 saturated carbocycles. The molecule has 0 atom stereocenters. The lowest BCUT2D eigenvalue weighted by Gasteiger charge is -2.21. The molecule has 1 aromatic heterocycles. The number of nitrogens with one attached hydrogen (secondary N) is 2. The summed E-state index contributed by atoms with van der Waals surface area (Å²) in [5.74, 6) is -0.238. The highest BCUT2D eigenvalue weighted by Crippen LogP contribution is 2.35. The van der Waals surface area contributed by atoms with Gasteiger partial charge in [-0.3, -0.25) is 4.79 Å². The van der Waals surface area contributed by atoms with Gasteiger partial charge in [0, 0.05) is 18.5 Å². The van der Waals surface area contributed by atoms with Gasteiger partial charge in [-0.25, -0.2) is 0 Å². The van der Waals surface area contributed by atoms with E-state index in [2.05, 4.69) is 16.7 Å². The van der Waals surface area contributed by atoms with Gasteiger partial charge in [0.1, 0.15) is 16.7 Å². The third-order valence-corrected chi connectivity index (χ3v) is 4.47. The van der Waals surface area contributed by atoms with Crippen LogP contribution in [-0.2, 0) is 22.5 Å². The lowest BCUT2D eigenvalue weighted by atomic mass is 10.0. The summed E-state index contributed by atoms with van der Waals surface area (Å²) in [5.41, 5.74) is 0.758. The molecular formula is C13H17N3O2S. The van der Waals surface area contributed by atoms with E-state index in [9.17, 15) is 10.1 Å². The maximum Gasteiger partial charge on any atom is 0.256 e. The van der Waals surface area contributed by atoms with Crippen molar-refractivity contribution >= 4 is 22.2 Å². The standard InChI is InChI=1S/C13H17N3O2S/c1-13(2,18-3)12(17)16-11-9(6-14)8-4-5-15-7-10(8)19-11/h15H,4-5,7H2,1-3H3,(H,16,17). The Morgan fingerprint density at radius 2 is 2.32 bits per heavy atom. The Labute approximate surface area is 116 Å². The van der Waals surface area contributed by atoms with E-state index in [1.165, 1.54) is 18.4 Å². The number of carbonyl (C=O) groups is 1. The zero-order valence-electron chi connectivity index (χ0n) is 11.3. The first-order valence-electron chi connectivity index (χ1n) is 6.11. The predicted molar refractivity (Wildman–Crippen MR) is 74.2 cm³/mol. The van der Waals surface area contributed by atoms with Gasteiger partial charge in [0.2, 0.25) is 0 Å². The zero-order valence-corrected chi connectivity index (χ0v) is 12.1. The molecule has 0 unspecified atom stereocenters. The second-order valence-corrected chi connectivity index (χ2v) is 6.02. The van der Waals surface area contributed by atoms with Crippen LogP contribution in [0.3, 0.4) is 0 Å². The first-order valence-corrected chi connectivity index (χ1v) is 6.93. The molecule has 0 aliphatic carbocycles. The molecule has 6 heteroatoms. The van der Waals surface area contributed by atoms with Crippen molar-refractivity contribution in [1.29, 1.82) is 5.26 Å². The second kappa shape index (κ2) is 5.29. The number of fused-ring (bicyclic) bond motifs is 1. The zero-order chi connectivity index (χ0) is 14.0. The highest BCUT2D eigenvalue weighted by atomic mass is 32.1. The van der Waals surface area contributed by atoms with E-state index < -0.39 is 5.60 Å². The third kappa shape index (κ3) is 2.63. The van der Waals surface area contributed by atoms with Crippen molar-refractivity contribution < 1.29 is 9.53 Å². The summed E-state index contributed by atoms with van der Waals surface area (Å²) in [4.78, 5) is 13.2. The molecule has 5 nitrogen and oxygen atoms in total. The van der Waals surface area contributed by atoms with Crippen LogP contribution in [0, 0.1) is 11.3 Å². The van der Waals surface area contributed by atoms with Crippen molar-refractivity contribution in [3.63, 3.8) is 0 Å². The fourth-order valence-corrected chi connectivity index (χ4v) is 3.05. The second-order valence-electron chi connectivity index (χ2n) is 4.92. The number of nitriles is 1. The Hall–Kier alpha value is -1.42. The van der Waals surface area contributed by atoms with Gasteiger partial charge < -0.3 is 15.4 Å². The number of hydrogen-bond acceptors (Lipinski definition) is 5. The third-order valence-electron chi connectivity index (χ3n) is 3.32. The lowest BCUT2D eigenvalue weighted by molar-refractivity contribution is -0.133. The molecule has 19 heavy (non-hydrogen) atoms. The van der Waals surface area contributed by atoms with E-state index in [4.69, 9.17) is 4.74 Å². The molecule has 0 fully saturated rings.